The highest BCUT2D eigenvalue weighted by molar-refractivity contribution is 5.83. The van der Waals surface area contributed by atoms with Crippen molar-refractivity contribution in [3.8, 4) is 0 Å². The van der Waals surface area contributed by atoms with Crippen molar-refractivity contribution in [1.82, 2.24) is 5.32 Å². The van der Waals surface area contributed by atoms with Gasteiger partial charge in [0.25, 0.3) is 0 Å². The molecular weight excluding hydrogens is 266 g/mol. The molecule has 1 aromatic rings. The zero-order chi connectivity index (χ0) is 16.0. The number of rotatable bonds is 7. The molecule has 0 aliphatic rings. The molecule has 0 saturated carbocycles. The fraction of sp³-hybridized carbons (Fsp3) is 0.529. The number of hydrogen-bond acceptors (Lipinski definition) is 2. The summed E-state index contributed by atoms with van der Waals surface area (Å²) in [7, 11) is 0. The van der Waals surface area contributed by atoms with Crippen molar-refractivity contribution >= 4 is 11.9 Å². The van der Waals surface area contributed by atoms with Gasteiger partial charge in [-0.2, -0.15) is 0 Å². The molecule has 0 saturated heterocycles. The fourth-order valence-electron chi connectivity index (χ4n) is 2.32. The Bertz CT molecular complexity index is 509. The molecule has 0 heterocycles. The summed E-state index contributed by atoms with van der Waals surface area (Å²) in [4.78, 5) is 22.9. The number of aliphatic carboxylic acids is 1. The number of benzene rings is 1. The number of nitrogens with one attached hydrogen (secondary N) is 1. The molecule has 21 heavy (non-hydrogen) atoms. The molecule has 0 aliphatic carbocycles. The van der Waals surface area contributed by atoms with E-state index in [2.05, 4.69) is 37.4 Å². The predicted octanol–water partition coefficient (Wildman–Crippen LogP) is 2.85. The summed E-state index contributed by atoms with van der Waals surface area (Å²) in [6.45, 7) is 7.70. The Morgan fingerprint density at radius 3 is 2.43 bits per heavy atom. The van der Waals surface area contributed by atoms with E-state index in [1.807, 2.05) is 0 Å². The van der Waals surface area contributed by atoms with Crippen LogP contribution in [0, 0.1) is 19.8 Å². The summed E-state index contributed by atoms with van der Waals surface area (Å²) in [5.74, 6) is -1.29. The molecule has 0 radical (unpaired) electrons. The second-order valence-electron chi connectivity index (χ2n) is 5.91. The quantitative estimate of drug-likeness (QED) is 0.811. The predicted molar refractivity (Wildman–Crippen MR) is 83.3 cm³/mol. The minimum atomic E-state index is -0.979. The molecule has 1 atom stereocenters. The SMILES string of the molecule is Cc1ccc(CCCC(=O)NC(C(=O)O)C(C)C)c(C)c1. The van der Waals surface area contributed by atoms with Crippen LogP contribution in [0.1, 0.15) is 43.4 Å². The van der Waals surface area contributed by atoms with E-state index in [1.54, 1.807) is 13.8 Å². The summed E-state index contributed by atoms with van der Waals surface area (Å²) in [5, 5.41) is 11.6. The molecule has 4 nitrogen and oxygen atoms in total. The Hall–Kier alpha value is -1.84. The highest BCUT2D eigenvalue weighted by atomic mass is 16.4. The topological polar surface area (TPSA) is 66.4 Å². The van der Waals surface area contributed by atoms with Gasteiger partial charge < -0.3 is 10.4 Å². The van der Waals surface area contributed by atoms with Crippen LogP contribution in [0.3, 0.4) is 0 Å². The van der Waals surface area contributed by atoms with E-state index in [9.17, 15) is 9.59 Å². The number of hydrogen-bond donors (Lipinski definition) is 2. The summed E-state index contributed by atoms with van der Waals surface area (Å²) >= 11 is 0. The maximum Gasteiger partial charge on any atom is 0.326 e. The first kappa shape index (κ1) is 17.2. The number of carboxylic acids is 1. The molecule has 2 N–H and O–H groups in total. The van der Waals surface area contributed by atoms with E-state index >= 15 is 0 Å². The first-order chi connectivity index (χ1) is 9.81. The molecule has 0 bridgehead atoms. The molecular formula is C17H25NO3. The zero-order valence-electron chi connectivity index (χ0n) is 13.3. The molecule has 0 fully saturated rings. The lowest BCUT2D eigenvalue weighted by Crippen LogP contribution is -2.44. The monoisotopic (exact) mass is 291 g/mol. The van der Waals surface area contributed by atoms with Crippen LogP contribution >= 0.6 is 0 Å². The Labute approximate surface area is 126 Å². The van der Waals surface area contributed by atoms with E-state index in [1.165, 1.54) is 16.7 Å². The van der Waals surface area contributed by atoms with Crippen molar-refractivity contribution in [3.05, 3.63) is 34.9 Å². The van der Waals surface area contributed by atoms with Gasteiger partial charge in [-0.15, -0.1) is 0 Å². The normalized spacial score (nSPS) is 12.2. The van der Waals surface area contributed by atoms with Gasteiger partial charge in [0.05, 0.1) is 0 Å². The van der Waals surface area contributed by atoms with Crippen molar-refractivity contribution in [2.45, 2.75) is 53.0 Å². The standard InChI is InChI=1S/C17H25NO3/c1-11(2)16(17(20)21)18-15(19)7-5-6-14-9-8-12(3)10-13(14)4/h8-11,16H,5-7H2,1-4H3,(H,18,19)(H,20,21). The zero-order valence-corrected chi connectivity index (χ0v) is 13.3. The highest BCUT2D eigenvalue weighted by Gasteiger charge is 2.22. The molecule has 1 aromatic carbocycles. The van der Waals surface area contributed by atoms with E-state index in [-0.39, 0.29) is 11.8 Å². The third-order valence-corrected chi connectivity index (χ3v) is 3.60. The van der Waals surface area contributed by atoms with Gasteiger partial charge in [-0.1, -0.05) is 37.6 Å². The fourth-order valence-corrected chi connectivity index (χ4v) is 2.32. The van der Waals surface area contributed by atoms with Gasteiger partial charge in [0.15, 0.2) is 0 Å². The summed E-state index contributed by atoms with van der Waals surface area (Å²) in [6, 6.07) is 5.49. The van der Waals surface area contributed by atoms with Crippen LogP contribution in [-0.4, -0.2) is 23.0 Å². The Morgan fingerprint density at radius 2 is 1.90 bits per heavy atom. The number of carbonyl (C=O) groups excluding carboxylic acids is 1. The van der Waals surface area contributed by atoms with Crippen LogP contribution in [-0.2, 0) is 16.0 Å². The minimum absolute atomic E-state index is 0.120. The van der Waals surface area contributed by atoms with Crippen molar-refractivity contribution in [2.24, 2.45) is 5.92 Å². The van der Waals surface area contributed by atoms with Gasteiger partial charge in [0.1, 0.15) is 6.04 Å². The molecule has 0 aliphatic heterocycles. The van der Waals surface area contributed by atoms with Crippen molar-refractivity contribution in [2.75, 3.05) is 0 Å². The lowest BCUT2D eigenvalue weighted by molar-refractivity contribution is -0.143. The van der Waals surface area contributed by atoms with E-state index in [0.29, 0.717) is 6.42 Å². The van der Waals surface area contributed by atoms with Crippen LogP contribution in [0.4, 0.5) is 0 Å². The van der Waals surface area contributed by atoms with Crippen LogP contribution in [0.15, 0.2) is 18.2 Å². The first-order valence-corrected chi connectivity index (χ1v) is 7.39. The molecule has 0 aromatic heterocycles. The first-order valence-electron chi connectivity index (χ1n) is 7.39. The van der Waals surface area contributed by atoms with Gasteiger partial charge in [0, 0.05) is 6.42 Å². The smallest absolute Gasteiger partial charge is 0.326 e. The second kappa shape index (κ2) is 7.81. The minimum Gasteiger partial charge on any atom is -0.480 e. The van der Waals surface area contributed by atoms with E-state index < -0.39 is 12.0 Å². The van der Waals surface area contributed by atoms with Crippen molar-refractivity contribution in [3.63, 3.8) is 0 Å². The lowest BCUT2D eigenvalue weighted by atomic mass is 10.0. The molecule has 1 rings (SSSR count). The van der Waals surface area contributed by atoms with E-state index in [4.69, 9.17) is 5.11 Å². The van der Waals surface area contributed by atoms with Crippen molar-refractivity contribution < 1.29 is 14.7 Å². The van der Waals surface area contributed by atoms with Gasteiger partial charge >= 0.3 is 5.97 Å². The average Bonchev–Trinajstić information content (AvgIpc) is 2.37. The molecule has 0 spiro atoms. The maximum absolute atomic E-state index is 11.8. The van der Waals surface area contributed by atoms with Gasteiger partial charge in [-0.25, -0.2) is 4.79 Å². The molecule has 1 unspecified atom stereocenters. The second-order valence-corrected chi connectivity index (χ2v) is 5.91. The average molecular weight is 291 g/mol. The van der Waals surface area contributed by atoms with E-state index in [0.717, 1.165) is 12.8 Å². The molecule has 4 heteroatoms. The lowest BCUT2D eigenvalue weighted by Gasteiger charge is -2.17. The number of carbonyl (C=O) groups is 2. The van der Waals surface area contributed by atoms with Gasteiger partial charge in [0.2, 0.25) is 5.91 Å². The third kappa shape index (κ3) is 5.58. The summed E-state index contributed by atoms with van der Waals surface area (Å²) < 4.78 is 0. The van der Waals surface area contributed by atoms with Gasteiger partial charge in [-0.05, 0) is 43.7 Å². The number of carboxylic acid groups (broad SMARTS) is 1. The Morgan fingerprint density at radius 1 is 1.24 bits per heavy atom. The van der Waals surface area contributed by atoms with Crippen molar-refractivity contribution in [1.29, 1.82) is 0 Å². The Balaban J connectivity index is 2.44. The maximum atomic E-state index is 11.8. The number of amides is 1. The molecule has 116 valence electrons. The van der Waals surface area contributed by atoms with Crippen LogP contribution < -0.4 is 5.32 Å². The van der Waals surface area contributed by atoms with Gasteiger partial charge in [-0.3, -0.25) is 4.79 Å². The summed E-state index contributed by atoms with van der Waals surface area (Å²) in [5.41, 5.74) is 3.71. The van der Waals surface area contributed by atoms with Crippen LogP contribution in [0.2, 0.25) is 0 Å². The van der Waals surface area contributed by atoms with Crippen LogP contribution in [0.25, 0.3) is 0 Å². The van der Waals surface area contributed by atoms with Crippen LogP contribution in [0.5, 0.6) is 0 Å². The largest absolute Gasteiger partial charge is 0.480 e. The highest BCUT2D eigenvalue weighted by Crippen LogP contribution is 2.13. The summed E-state index contributed by atoms with van der Waals surface area (Å²) in [6.07, 6.45) is 1.91. The Kier molecular flexibility index (Phi) is 6.40. The third-order valence-electron chi connectivity index (χ3n) is 3.60. The molecule has 1 amide bonds. The number of aryl methyl sites for hydroxylation is 3.